The number of carbonyl (C=O) groups excluding carboxylic acids is 2. The Balaban J connectivity index is 1.62. The van der Waals surface area contributed by atoms with E-state index in [4.69, 9.17) is 4.74 Å². The zero-order chi connectivity index (χ0) is 18.0. The Kier molecular flexibility index (Phi) is 5.23. The van der Waals surface area contributed by atoms with Gasteiger partial charge < -0.3 is 10.1 Å². The minimum absolute atomic E-state index is 0.318. The van der Waals surface area contributed by atoms with E-state index in [-0.39, 0.29) is 5.91 Å². The van der Waals surface area contributed by atoms with Crippen LogP contribution in [0.25, 0.3) is 0 Å². The molecule has 1 atom stereocenters. The lowest BCUT2D eigenvalue weighted by Crippen LogP contribution is -2.30. The maximum Gasteiger partial charge on any atom is 0.349 e. The summed E-state index contributed by atoms with van der Waals surface area (Å²) in [5.41, 5.74) is 4.12. The molecule has 132 valence electrons. The Bertz CT molecular complexity index is 786. The van der Waals surface area contributed by atoms with Crippen LogP contribution in [0.3, 0.4) is 0 Å². The Morgan fingerprint density at radius 1 is 1.16 bits per heavy atom. The van der Waals surface area contributed by atoms with Gasteiger partial charge in [0, 0.05) is 10.6 Å². The van der Waals surface area contributed by atoms with Crippen LogP contribution in [0, 0.1) is 13.8 Å². The molecule has 0 aliphatic heterocycles. The van der Waals surface area contributed by atoms with Gasteiger partial charge in [0.15, 0.2) is 6.10 Å². The predicted octanol–water partition coefficient (Wildman–Crippen LogP) is 4.43. The summed E-state index contributed by atoms with van der Waals surface area (Å²) in [6, 6.07) is 7.73. The number of benzene rings is 1. The molecule has 0 saturated heterocycles. The summed E-state index contributed by atoms with van der Waals surface area (Å²) in [5, 5.41) is 2.83. The van der Waals surface area contributed by atoms with Crippen LogP contribution in [-0.2, 0) is 22.4 Å². The Labute approximate surface area is 152 Å². The average Bonchev–Trinajstić information content (AvgIpc) is 3.01. The molecule has 0 saturated carbocycles. The third-order valence-electron chi connectivity index (χ3n) is 4.49. The molecule has 1 heterocycles. The third kappa shape index (κ3) is 4.10. The summed E-state index contributed by atoms with van der Waals surface area (Å²) in [6.07, 6.45) is 3.58. The molecule has 0 bridgehead atoms. The molecular formula is C20H23NO3S. The number of nitrogens with one attached hydrogen (secondary N) is 1. The molecular weight excluding hydrogens is 334 g/mol. The van der Waals surface area contributed by atoms with Gasteiger partial charge in [-0.05, 0) is 69.7 Å². The molecule has 2 aromatic rings. The molecule has 4 nitrogen and oxygen atoms in total. The van der Waals surface area contributed by atoms with Crippen molar-refractivity contribution in [3.63, 3.8) is 0 Å². The molecule has 1 aromatic heterocycles. The van der Waals surface area contributed by atoms with E-state index in [0.717, 1.165) is 29.7 Å². The van der Waals surface area contributed by atoms with Gasteiger partial charge in [0.2, 0.25) is 0 Å². The average molecular weight is 357 g/mol. The van der Waals surface area contributed by atoms with Crippen molar-refractivity contribution in [2.75, 3.05) is 5.32 Å². The van der Waals surface area contributed by atoms with Crippen molar-refractivity contribution < 1.29 is 14.3 Å². The molecule has 0 radical (unpaired) electrons. The van der Waals surface area contributed by atoms with Crippen LogP contribution >= 0.6 is 11.3 Å². The lowest BCUT2D eigenvalue weighted by Gasteiger charge is -2.14. The molecule has 0 fully saturated rings. The molecule has 5 heteroatoms. The molecule has 3 rings (SSSR count). The van der Waals surface area contributed by atoms with E-state index < -0.39 is 12.1 Å². The lowest BCUT2D eigenvalue weighted by atomic mass is 9.99. The fourth-order valence-electron chi connectivity index (χ4n) is 3.05. The van der Waals surface area contributed by atoms with Crippen LogP contribution in [0.1, 0.15) is 51.0 Å². The summed E-state index contributed by atoms with van der Waals surface area (Å²) in [5.74, 6) is -0.732. The van der Waals surface area contributed by atoms with Gasteiger partial charge in [0.05, 0.1) is 0 Å². The maximum absolute atomic E-state index is 12.3. The number of thiophene rings is 1. The van der Waals surface area contributed by atoms with Crippen molar-refractivity contribution in [2.24, 2.45) is 0 Å². The number of hydrogen-bond donors (Lipinski definition) is 1. The highest BCUT2D eigenvalue weighted by molar-refractivity contribution is 7.14. The summed E-state index contributed by atoms with van der Waals surface area (Å²) < 4.78 is 5.37. The minimum atomic E-state index is -0.840. The number of carbonyl (C=O) groups is 2. The minimum Gasteiger partial charge on any atom is -0.448 e. The number of fused-ring (bicyclic) bond motifs is 1. The topological polar surface area (TPSA) is 55.4 Å². The maximum atomic E-state index is 12.3. The van der Waals surface area contributed by atoms with Crippen LogP contribution in [-0.4, -0.2) is 18.0 Å². The van der Waals surface area contributed by atoms with Crippen LogP contribution < -0.4 is 5.32 Å². The molecule has 1 amide bonds. The van der Waals surface area contributed by atoms with Crippen LogP contribution in [0.4, 0.5) is 5.69 Å². The summed E-state index contributed by atoms with van der Waals surface area (Å²) >= 11 is 1.50. The van der Waals surface area contributed by atoms with Gasteiger partial charge in [0.1, 0.15) is 4.88 Å². The van der Waals surface area contributed by atoms with E-state index in [2.05, 4.69) is 5.32 Å². The van der Waals surface area contributed by atoms with E-state index in [1.165, 1.54) is 34.6 Å². The summed E-state index contributed by atoms with van der Waals surface area (Å²) in [4.78, 5) is 26.6. The number of hydrogen-bond acceptors (Lipinski definition) is 4. The Hall–Kier alpha value is -2.14. The van der Waals surface area contributed by atoms with E-state index >= 15 is 0 Å². The van der Waals surface area contributed by atoms with E-state index in [1.807, 2.05) is 38.1 Å². The highest BCUT2D eigenvalue weighted by Gasteiger charge is 2.23. The van der Waals surface area contributed by atoms with Crippen LogP contribution in [0.5, 0.6) is 0 Å². The fourth-order valence-corrected chi connectivity index (χ4v) is 4.19. The lowest BCUT2D eigenvalue weighted by molar-refractivity contribution is -0.123. The number of rotatable bonds is 4. The SMILES string of the molecule is Cc1ccc(NC(=O)[C@@H](C)OC(=O)c2cc3c(s2)CCCC3)c(C)c1. The van der Waals surface area contributed by atoms with Crippen molar-refractivity contribution in [3.05, 3.63) is 50.7 Å². The van der Waals surface area contributed by atoms with Gasteiger partial charge in [-0.25, -0.2) is 4.79 Å². The second kappa shape index (κ2) is 7.40. The quantitative estimate of drug-likeness (QED) is 0.824. The molecule has 1 N–H and O–H groups in total. The monoisotopic (exact) mass is 357 g/mol. The van der Waals surface area contributed by atoms with Crippen molar-refractivity contribution in [3.8, 4) is 0 Å². The zero-order valence-corrected chi connectivity index (χ0v) is 15.7. The largest absolute Gasteiger partial charge is 0.448 e. The first-order valence-corrected chi connectivity index (χ1v) is 9.46. The summed E-state index contributed by atoms with van der Waals surface area (Å²) in [6.45, 7) is 5.54. The zero-order valence-electron chi connectivity index (χ0n) is 14.8. The number of esters is 1. The van der Waals surface area contributed by atoms with Gasteiger partial charge in [-0.2, -0.15) is 0 Å². The summed E-state index contributed by atoms with van der Waals surface area (Å²) in [7, 11) is 0. The number of anilines is 1. The van der Waals surface area contributed by atoms with Crippen molar-refractivity contribution in [1.29, 1.82) is 0 Å². The first kappa shape index (κ1) is 17.7. The Morgan fingerprint density at radius 3 is 2.64 bits per heavy atom. The molecule has 0 unspecified atom stereocenters. The van der Waals surface area contributed by atoms with Gasteiger partial charge in [-0.3, -0.25) is 4.79 Å². The highest BCUT2D eigenvalue weighted by Crippen LogP contribution is 2.30. The molecule has 1 aliphatic carbocycles. The molecule has 1 aliphatic rings. The predicted molar refractivity (Wildman–Crippen MR) is 100 cm³/mol. The third-order valence-corrected chi connectivity index (χ3v) is 5.71. The second-order valence-corrected chi connectivity index (χ2v) is 7.76. The van der Waals surface area contributed by atoms with Gasteiger partial charge in [-0.15, -0.1) is 11.3 Å². The number of ether oxygens (including phenoxy) is 1. The van der Waals surface area contributed by atoms with Crippen molar-refractivity contribution in [2.45, 2.75) is 52.6 Å². The van der Waals surface area contributed by atoms with Crippen LogP contribution in [0.2, 0.25) is 0 Å². The highest BCUT2D eigenvalue weighted by atomic mass is 32.1. The standard InChI is InChI=1S/C20H23NO3S/c1-12-8-9-16(13(2)10-12)21-19(22)14(3)24-20(23)18-11-15-6-4-5-7-17(15)25-18/h8-11,14H,4-7H2,1-3H3,(H,21,22)/t14-/m1/s1. The number of amides is 1. The molecule has 0 spiro atoms. The van der Waals surface area contributed by atoms with Gasteiger partial charge >= 0.3 is 5.97 Å². The smallest absolute Gasteiger partial charge is 0.349 e. The first-order chi connectivity index (χ1) is 11.9. The van der Waals surface area contributed by atoms with Crippen LogP contribution in [0.15, 0.2) is 24.3 Å². The fraction of sp³-hybridized carbons (Fsp3) is 0.400. The van der Waals surface area contributed by atoms with Crippen molar-refractivity contribution in [1.82, 2.24) is 0 Å². The molecule has 1 aromatic carbocycles. The normalized spacial score (nSPS) is 14.5. The first-order valence-electron chi connectivity index (χ1n) is 8.64. The van der Waals surface area contributed by atoms with Gasteiger partial charge in [-0.1, -0.05) is 17.7 Å². The van der Waals surface area contributed by atoms with E-state index in [1.54, 1.807) is 6.92 Å². The van der Waals surface area contributed by atoms with E-state index in [0.29, 0.717) is 4.88 Å². The van der Waals surface area contributed by atoms with E-state index in [9.17, 15) is 9.59 Å². The van der Waals surface area contributed by atoms with Gasteiger partial charge in [0.25, 0.3) is 5.91 Å². The second-order valence-electron chi connectivity index (χ2n) is 6.62. The Morgan fingerprint density at radius 2 is 1.92 bits per heavy atom. The number of aryl methyl sites for hydroxylation is 4. The molecule has 25 heavy (non-hydrogen) atoms. The van der Waals surface area contributed by atoms with Crippen molar-refractivity contribution >= 4 is 28.9 Å².